The van der Waals surface area contributed by atoms with Crippen LogP contribution in [0, 0.1) is 0 Å². The zero-order valence-corrected chi connectivity index (χ0v) is 14.9. The van der Waals surface area contributed by atoms with Crippen LogP contribution in [0.15, 0.2) is 109 Å². The molecule has 1 aromatic heterocycles. The Balaban J connectivity index is 1.83. The second kappa shape index (κ2) is 6.62. The van der Waals surface area contributed by atoms with Crippen LogP contribution in [0.3, 0.4) is 0 Å². The van der Waals surface area contributed by atoms with Crippen molar-refractivity contribution in [3.63, 3.8) is 0 Å². The molecule has 0 aliphatic rings. The fourth-order valence-corrected chi connectivity index (χ4v) is 3.77. The summed E-state index contributed by atoms with van der Waals surface area (Å²) in [4.78, 5) is 3.63. The lowest BCUT2D eigenvalue weighted by atomic mass is 9.90. The smallest absolute Gasteiger partial charge is 0.0477 e. The number of fused-ring (bicyclic) bond motifs is 1. The van der Waals surface area contributed by atoms with E-state index in [1.54, 1.807) is 0 Å². The molecule has 0 unspecified atom stereocenters. The van der Waals surface area contributed by atoms with Crippen molar-refractivity contribution in [1.82, 2.24) is 4.98 Å². The summed E-state index contributed by atoms with van der Waals surface area (Å²) in [5.41, 5.74) is 8.48. The molecule has 1 heteroatoms. The molecule has 0 aliphatic heterocycles. The van der Waals surface area contributed by atoms with E-state index in [1.165, 1.54) is 33.2 Å². The molecular formula is C26H19N. The zero-order valence-electron chi connectivity index (χ0n) is 14.9. The predicted octanol–water partition coefficient (Wildman–Crippen LogP) is 7.17. The minimum absolute atomic E-state index is 1.15. The first-order chi connectivity index (χ1) is 13.4. The van der Waals surface area contributed by atoms with Gasteiger partial charge in [-0.15, -0.1) is 0 Å². The van der Waals surface area contributed by atoms with Crippen molar-refractivity contribution in [1.29, 1.82) is 0 Å². The molecule has 0 atom stereocenters. The molecule has 0 saturated carbocycles. The fourth-order valence-electron chi connectivity index (χ4n) is 3.77. The van der Waals surface area contributed by atoms with Crippen LogP contribution in [0.5, 0.6) is 0 Å². The highest BCUT2D eigenvalue weighted by Crippen LogP contribution is 2.40. The minimum Gasteiger partial charge on any atom is -0.354 e. The van der Waals surface area contributed by atoms with Crippen molar-refractivity contribution in [2.24, 2.45) is 0 Å². The molecule has 5 aromatic rings. The second-order valence-corrected chi connectivity index (χ2v) is 6.73. The minimum atomic E-state index is 1.15. The van der Waals surface area contributed by atoms with Gasteiger partial charge in [-0.25, -0.2) is 0 Å². The highest BCUT2D eigenvalue weighted by molar-refractivity contribution is 5.97. The topological polar surface area (TPSA) is 15.8 Å². The van der Waals surface area contributed by atoms with E-state index < -0.39 is 0 Å². The third-order valence-corrected chi connectivity index (χ3v) is 5.03. The van der Waals surface area contributed by atoms with Crippen LogP contribution in [-0.2, 0) is 0 Å². The van der Waals surface area contributed by atoms with Gasteiger partial charge in [0.05, 0.1) is 0 Å². The lowest BCUT2D eigenvalue weighted by molar-refractivity contribution is 1.44. The second-order valence-electron chi connectivity index (χ2n) is 6.73. The quantitative estimate of drug-likeness (QED) is 0.357. The van der Waals surface area contributed by atoms with Gasteiger partial charge in [-0.2, -0.15) is 0 Å². The molecule has 0 radical (unpaired) electrons. The normalized spacial score (nSPS) is 11.0. The standard InChI is InChI=1S/C26H19N/c1-3-10-19(11-4-1)22-15-9-16-23(20-12-5-2-6-13-20)26(22)25-18-21-14-7-8-17-24(21)27-25/h1-18,27H. The maximum Gasteiger partial charge on any atom is 0.0477 e. The van der Waals surface area contributed by atoms with Gasteiger partial charge in [-0.1, -0.05) is 97.1 Å². The summed E-state index contributed by atoms with van der Waals surface area (Å²) in [5, 5.41) is 1.23. The van der Waals surface area contributed by atoms with Crippen molar-refractivity contribution in [3.05, 3.63) is 109 Å². The van der Waals surface area contributed by atoms with Gasteiger partial charge in [0, 0.05) is 22.2 Å². The first kappa shape index (κ1) is 15.7. The molecule has 27 heavy (non-hydrogen) atoms. The van der Waals surface area contributed by atoms with Gasteiger partial charge in [0.2, 0.25) is 0 Å². The Bertz CT molecular complexity index is 1110. The molecule has 4 aromatic carbocycles. The molecule has 5 rings (SSSR count). The van der Waals surface area contributed by atoms with Crippen LogP contribution in [0.1, 0.15) is 0 Å². The van der Waals surface area contributed by atoms with E-state index in [9.17, 15) is 0 Å². The van der Waals surface area contributed by atoms with E-state index in [0.29, 0.717) is 0 Å². The maximum atomic E-state index is 3.63. The highest BCUT2D eigenvalue weighted by Gasteiger charge is 2.15. The Morgan fingerprint density at radius 2 is 1.04 bits per heavy atom. The van der Waals surface area contributed by atoms with Gasteiger partial charge in [0.15, 0.2) is 0 Å². The van der Waals surface area contributed by atoms with E-state index in [0.717, 1.165) is 11.2 Å². The molecule has 1 heterocycles. The molecule has 0 spiro atoms. The molecule has 0 aliphatic carbocycles. The fraction of sp³-hybridized carbons (Fsp3) is 0. The Kier molecular flexibility index (Phi) is 3.84. The van der Waals surface area contributed by atoms with E-state index in [1.807, 2.05) is 0 Å². The van der Waals surface area contributed by atoms with Crippen molar-refractivity contribution in [3.8, 4) is 33.5 Å². The lowest BCUT2D eigenvalue weighted by Gasteiger charge is -2.15. The van der Waals surface area contributed by atoms with Crippen LogP contribution in [0.4, 0.5) is 0 Å². The molecule has 1 nitrogen and oxygen atoms in total. The highest BCUT2D eigenvalue weighted by atomic mass is 14.7. The number of benzene rings is 4. The van der Waals surface area contributed by atoms with Gasteiger partial charge in [0.1, 0.15) is 0 Å². The summed E-state index contributed by atoms with van der Waals surface area (Å²) in [7, 11) is 0. The Hall–Kier alpha value is -3.58. The van der Waals surface area contributed by atoms with E-state index in [2.05, 4.69) is 114 Å². The monoisotopic (exact) mass is 345 g/mol. The number of nitrogens with one attached hydrogen (secondary N) is 1. The lowest BCUT2D eigenvalue weighted by Crippen LogP contribution is -1.90. The van der Waals surface area contributed by atoms with E-state index in [-0.39, 0.29) is 0 Å². The Labute approximate surface area is 158 Å². The zero-order chi connectivity index (χ0) is 18.1. The average Bonchev–Trinajstić information content (AvgIpc) is 3.18. The first-order valence-corrected chi connectivity index (χ1v) is 9.22. The summed E-state index contributed by atoms with van der Waals surface area (Å²) in [5.74, 6) is 0. The molecule has 0 bridgehead atoms. The average molecular weight is 345 g/mol. The summed E-state index contributed by atoms with van der Waals surface area (Å²) >= 11 is 0. The summed E-state index contributed by atoms with van der Waals surface area (Å²) in [6, 6.07) is 38.5. The van der Waals surface area contributed by atoms with E-state index >= 15 is 0 Å². The Morgan fingerprint density at radius 3 is 1.63 bits per heavy atom. The number of rotatable bonds is 3. The molecule has 0 saturated heterocycles. The Morgan fingerprint density at radius 1 is 0.481 bits per heavy atom. The van der Waals surface area contributed by atoms with Crippen LogP contribution in [-0.4, -0.2) is 4.98 Å². The summed E-state index contributed by atoms with van der Waals surface area (Å²) in [6.45, 7) is 0. The summed E-state index contributed by atoms with van der Waals surface area (Å²) in [6.07, 6.45) is 0. The largest absolute Gasteiger partial charge is 0.354 e. The van der Waals surface area contributed by atoms with Crippen molar-refractivity contribution < 1.29 is 0 Å². The maximum absolute atomic E-state index is 3.63. The van der Waals surface area contributed by atoms with Crippen molar-refractivity contribution in [2.75, 3.05) is 0 Å². The van der Waals surface area contributed by atoms with E-state index in [4.69, 9.17) is 0 Å². The molecule has 128 valence electrons. The molecule has 0 fully saturated rings. The van der Waals surface area contributed by atoms with Crippen LogP contribution in [0.2, 0.25) is 0 Å². The summed E-state index contributed by atoms with van der Waals surface area (Å²) < 4.78 is 0. The van der Waals surface area contributed by atoms with Gasteiger partial charge in [-0.05, 0) is 34.4 Å². The van der Waals surface area contributed by atoms with Gasteiger partial charge in [-0.3, -0.25) is 0 Å². The van der Waals surface area contributed by atoms with Crippen molar-refractivity contribution in [2.45, 2.75) is 0 Å². The number of para-hydroxylation sites is 1. The molecule has 1 N–H and O–H groups in total. The number of H-pyrrole nitrogens is 1. The number of hydrogen-bond acceptors (Lipinski definition) is 0. The van der Waals surface area contributed by atoms with Crippen LogP contribution >= 0.6 is 0 Å². The van der Waals surface area contributed by atoms with Gasteiger partial charge < -0.3 is 4.98 Å². The molecular weight excluding hydrogens is 326 g/mol. The van der Waals surface area contributed by atoms with Crippen LogP contribution in [0.25, 0.3) is 44.4 Å². The third kappa shape index (κ3) is 2.84. The van der Waals surface area contributed by atoms with Gasteiger partial charge >= 0.3 is 0 Å². The SMILES string of the molecule is c1ccc(-c2cccc(-c3ccccc3)c2-c2cc3ccccc3[nH]2)cc1. The first-order valence-electron chi connectivity index (χ1n) is 9.22. The molecule has 0 amide bonds. The van der Waals surface area contributed by atoms with Crippen molar-refractivity contribution >= 4 is 10.9 Å². The predicted molar refractivity (Wildman–Crippen MR) is 115 cm³/mol. The van der Waals surface area contributed by atoms with Gasteiger partial charge in [0.25, 0.3) is 0 Å². The van der Waals surface area contributed by atoms with Crippen LogP contribution < -0.4 is 0 Å². The third-order valence-electron chi connectivity index (χ3n) is 5.03. The number of aromatic nitrogens is 1. The number of hydrogen-bond donors (Lipinski definition) is 1. The number of aromatic amines is 1.